The van der Waals surface area contributed by atoms with Gasteiger partial charge in [0, 0.05) is 17.1 Å². The molecule has 11 rings (SSSR count). The van der Waals surface area contributed by atoms with Crippen molar-refractivity contribution in [1.82, 2.24) is 0 Å². The minimum absolute atomic E-state index is 1.10. The molecule has 0 N–H and O–H groups in total. The molecule has 266 valence electrons. The molecule has 1 nitrogen and oxygen atoms in total. The Bertz CT molecular complexity index is 3250. The Morgan fingerprint density at radius 2 is 0.684 bits per heavy atom. The van der Waals surface area contributed by atoms with Gasteiger partial charge in [-0.15, -0.1) is 0 Å². The van der Waals surface area contributed by atoms with Crippen LogP contribution in [0.4, 0.5) is 17.1 Å². The van der Waals surface area contributed by atoms with Crippen molar-refractivity contribution in [1.29, 1.82) is 0 Å². The second kappa shape index (κ2) is 13.7. The lowest BCUT2D eigenvalue weighted by atomic mass is 9.91. The Hall–Kier alpha value is -7.48. The zero-order valence-electron chi connectivity index (χ0n) is 31.3. The molecule has 0 heterocycles. The first kappa shape index (κ1) is 32.9. The minimum atomic E-state index is 1.10. The Morgan fingerprint density at radius 3 is 1.39 bits per heavy atom. The van der Waals surface area contributed by atoms with Gasteiger partial charge in [0.1, 0.15) is 0 Å². The molecule has 0 unspecified atom stereocenters. The van der Waals surface area contributed by atoms with Gasteiger partial charge in [-0.1, -0.05) is 182 Å². The van der Waals surface area contributed by atoms with Gasteiger partial charge in [0.15, 0.2) is 0 Å². The number of hydrogen-bond acceptors (Lipinski definition) is 1. The smallest absolute Gasteiger partial charge is 0.0467 e. The summed E-state index contributed by atoms with van der Waals surface area (Å²) in [7, 11) is 0. The van der Waals surface area contributed by atoms with E-state index < -0.39 is 0 Å². The molecule has 0 spiro atoms. The number of anilines is 3. The van der Waals surface area contributed by atoms with Gasteiger partial charge in [0.05, 0.1) is 0 Å². The summed E-state index contributed by atoms with van der Waals surface area (Å²) in [5.41, 5.74) is 10.5. The lowest BCUT2D eigenvalue weighted by Crippen LogP contribution is -2.10. The molecule has 0 bridgehead atoms. The molecule has 0 aliphatic rings. The van der Waals surface area contributed by atoms with Crippen LogP contribution < -0.4 is 4.90 Å². The largest absolute Gasteiger partial charge is 0.310 e. The van der Waals surface area contributed by atoms with Crippen LogP contribution in [0.25, 0.3) is 87.2 Å². The van der Waals surface area contributed by atoms with Crippen molar-refractivity contribution in [3.63, 3.8) is 0 Å². The predicted octanol–water partition coefficient (Wildman–Crippen LogP) is 15.9. The van der Waals surface area contributed by atoms with Crippen molar-refractivity contribution in [3.05, 3.63) is 224 Å². The van der Waals surface area contributed by atoms with Crippen LogP contribution in [0.2, 0.25) is 0 Å². The van der Waals surface area contributed by atoms with E-state index in [4.69, 9.17) is 0 Å². The van der Waals surface area contributed by atoms with Crippen molar-refractivity contribution in [2.24, 2.45) is 0 Å². The number of fused-ring (bicyclic) bond motifs is 8. The summed E-state index contributed by atoms with van der Waals surface area (Å²) in [5, 5.41) is 12.8. The summed E-state index contributed by atoms with van der Waals surface area (Å²) in [6, 6.07) is 82.0. The maximum Gasteiger partial charge on any atom is 0.0467 e. The number of nitrogens with zero attached hydrogens (tertiary/aromatic N) is 1. The third-order valence-corrected chi connectivity index (χ3v) is 11.6. The van der Waals surface area contributed by atoms with Gasteiger partial charge in [0.25, 0.3) is 0 Å². The Balaban J connectivity index is 1.03. The predicted molar refractivity (Wildman–Crippen MR) is 245 cm³/mol. The van der Waals surface area contributed by atoms with Crippen LogP contribution in [0, 0.1) is 0 Å². The van der Waals surface area contributed by atoms with Crippen LogP contribution >= 0.6 is 0 Å². The standard InChI is InChI=1S/C56H37N/c1-2-10-38(11-3-1)39-28-32-48(33-29-39)57(50-16-8-15-47(36-50)52-19-9-14-41-12-4-6-17-51(41)52)49-34-30-40(31-35-49)46-27-22-43-21-24-45-26-25-44-23-20-42-13-5-7-18-53(42)55(44)56(45)54(43)37-46/h1-37H. The van der Waals surface area contributed by atoms with E-state index in [2.05, 4.69) is 229 Å². The van der Waals surface area contributed by atoms with Crippen molar-refractivity contribution >= 4 is 70.9 Å². The van der Waals surface area contributed by atoms with Gasteiger partial charge >= 0.3 is 0 Å². The fourth-order valence-corrected chi connectivity index (χ4v) is 8.79. The highest BCUT2D eigenvalue weighted by Gasteiger charge is 2.16. The highest BCUT2D eigenvalue weighted by molar-refractivity contribution is 6.27. The van der Waals surface area contributed by atoms with Crippen LogP contribution in [0.5, 0.6) is 0 Å². The molecule has 0 radical (unpaired) electrons. The number of hydrogen-bond donors (Lipinski definition) is 0. The molecule has 1 heteroatoms. The van der Waals surface area contributed by atoms with E-state index in [1.807, 2.05) is 0 Å². The molecular weight excluding hydrogens is 687 g/mol. The third kappa shape index (κ3) is 5.80. The quantitative estimate of drug-likeness (QED) is 0.154. The van der Waals surface area contributed by atoms with Crippen molar-refractivity contribution in [3.8, 4) is 33.4 Å². The first-order chi connectivity index (χ1) is 28.2. The summed E-state index contributed by atoms with van der Waals surface area (Å²) in [6.45, 7) is 0. The highest BCUT2D eigenvalue weighted by Crippen LogP contribution is 2.41. The van der Waals surface area contributed by atoms with Crippen LogP contribution in [-0.2, 0) is 0 Å². The minimum Gasteiger partial charge on any atom is -0.310 e. The van der Waals surface area contributed by atoms with Gasteiger partial charge in [-0.05, 0) is 130 Å². The lowest BCUT2D eigenvalue weighted by Gasteiger charge is -2.26. The van der Waals surface area contributed by atoms with E-state index >= 15 is 0 Å². The summed E-state index contributed by atoms with van der Waals surface area (Å²) < 4.78 is 0. The first-order valence-corrected chi connectivity index (χ1v) is 19.7. The fourth-order valence-electron chi connectivity index (χ4n) is 8.79. The Labute approximate surface area is 332 Å². The van der Waals surface area contributed by atoms with Crippen LogP contribution in [0.3, 0.4) is 0 Å². The van der Waals surface area contributed by atoms with Gasteiger partial charge in [-0.25, -0.2) is 0 Å². The monoisotopic (exact) mass is 723 g/mol. The molecule has 11 aromatic rings. The summed E-state index contributed by atoms with van der Waals surface area (Å²) in [4.78, 5) is 2.37. The van der Waals surface area contributed by atoms with Gasteiger partial charge in [-0.2, -0.15) is 0 Å². The van der Waals surface area contributed by atoms with Gasteiger partial charge in [-0.3, -0.25) is 0 Å². The van der Waals surface area contributed by atoms with E-state index in [1.54, 1.807) is 0 Å². The Kier molecular flexibility index (Phi) is 7.89. The summed E-state index contributed by atoms with van der Waals surface area (Å²) in [6.07, 6.45) is 0. The molecule has 0 atom stereocenters. The van der Waals surface area contributed by atoms with E-state index in [-0.39, 0.29) is 0 Å². The van der Waals surface area contributed by atoms with E-state index in [9.17, 15) is 0 Å². The average molecular weight is 724 g/mol. The molecule has 0 aliphatic heterocycles. The second-order valence-corrected chi connectivity index (χ2v) is 14.9. The number of benzene rings is 11. The van der Waals surface area contributed by atoms with Gasteiger partial charge in [0.2, 0.25) is 0 Å². The molecule has 0 saturated heterocycles. The maximum absolute atomic E-state index is 2.39. The molecule has 0 saturated carbocycles. The highest BCUT2D eigenvalue weighted by atomic mass is 15.1. The second-order valence-electron chi connectivity index (χ2n) is 14.9. The molecule has 11 aromatic carbocycles. The average Bonchev–Trinajstić information content (AvgIpc) is 3.29. The molecule has 0 fully saturated rings. The number of rotatable bonds is 6. The molecule has 0 aromatic heterocycles. The maximum atomic E-state index is 2.39. The summed E-state index contributed by atoms with van der Waals surface area (Å²) in [5.74, 6) is 0. The van der Waals surface area contributed by atoms with Crippen molar-refractivity contribution in [2.75, 3.05) is 4.90 Å². The van der Waals surface area contributed by atoms with Crippen LogP contribution in [0.15, 0.2) is 224 Å². The topological polar surface area (TPSA) is 3.24 Å². The van der Waals surface area contributed by atoms with Crippen molar-refractivity contribution < 1.29 is 0 Å². The molecule has 57 heavy (non-hydrogen) atoms. The fraction of sp³-hybridized carbons (Fsp3) is 0. The Morgan fingerprint density at radius 1 is 0.228 bits per heavy atom. The third-order valence-electron chi connectivity index (χ3n) is 11.6. The normalized spacial score (nSPS) is 11.5. The van der Waals surface area contributed by atoms with E-state index in [0.29, 0.717) is 0 Å². The van der Waals surface area contributed by atoms with E-state index in [0.717, 1.165) is 17.1 Å². The first-order valence-electron chi connectivity index (χ1n) is 19.7. The van der Waals surface area contributed by atoms with Crippen molar-refractivity contribution in [2.45, 2.75) is 0 Å². The van der Waals surface area contributed by atoms with E-state index in [1.165, 1.54) is 87.2 Å². The van der Waals surface area contributed by atoms with Crippen LogP contribution in [-0.4, -0.2) is 0 Å². The summed E-state index contributed by atoms with van der Waals surface area (Å²) >= 11 is 0. The molecule has 0 amide bonds. The lowest BCUT2D eigenvalue weighted by molar-refractivity contribution is 1.28. The SMILES string of the molecule is c1ccc(-c2ccc(N(c3ccc(-c4ccc5ccc6ccc7ccc8ccccc8c7c6c5c4)cc3)c3cccc(-c4cccc5ccccc45)c3)cc2)cc1. The zero-order chi connectivity index (χ0) is 37.7. The molecular formula is C56H37N. The molecule has 0 aliphatic carbocycles. The van der Waals surface area contributed by atoms with Crippen LogP contribution in [0.1, 0.15) is 0 Å². The zero-order valence-corrected chi connectivity index (χ0v) is 31.3. The van der Waals surface area contributed by atoms with Gasteiger partial charge < -0.3 is 4.90 Å².